The number of aryl methyl sites for hydroxylation is 1. The average Bonchev–Trinajstić information content (AvgIpc) is 3.00. The van der Waals surface area contributed by atoms with E-state index in [1.165, 1.54) is 36.3 Å². The summed E-state index contributed by atoms with van der Waals surface area (Å²) in [6, 6.07) is 14.9. The number of halogens is 3. The Kier molecular flexibility index (Phi) is 11.5. The maximum absolute atomic E-state index is 14.2. The third kappa shape index (κ3) is 8.18. The zero-order valence-electron chi connectivity index (χ0n) is 24.9. The van der Waals surface area contributed by atoms with Crippen LogP contribution in [-0.4, -0.2) is 50.9 Å². The van der Waals surface area contributed by atoms with Gasteiger partial charge in [-0.3, -0.25) is 13.9 Å². The van der Waals surface area contributed by atoms with E-state index < -0.39 is 28.5 Å². The number of benzene rings is 3. The fraction of sp³-hybridized carbons (Fsp3) is 0.375. The van der Waals surface area contributed by atoms with E-state index in [-0.39, 0.29) is 39.8 Å². The van der Waals surface area contributed by atoms with E-state index in [0.717, 1.165) is 42.0 Å². The highest BCUT2D eigenvalue weighted by molar-refractivity contribution is 7.92. The third-order valence-electron chi connectivity index (χ3n) is 7.75. The summed E-state index contributed by atoms with van der Waals surface area (Å²) in [6.07, 6.45) is 4.92. The quantitative estimate of drug-likeness (QED) is 0.235. The molecule has 0 saturated heterocycles. The molecule has 0 bridgehead atoms. The van der Waals surface area contributed by atoms with Crippen molar-refractivity contribution < 1.29 is 22.7 Å². The number of rotatable bonds is 11. The SMILES string of the molecule is COc1ccc(Cl)cc1N(CC(=O)N(Cc1ccc(Cl)c(Cl)c1)[C@H](C)C(=O)NC1CCCCC1)S(=O)(=O)c1ccc(C)cc1. The largest absolute Gasteiger partial charge is 0.495 e. The van der Waals surface area contributed by atoms with Crippen LogP contribution in [-0.2, 0) is 26.2 Å². The molecular formula is C32H36Cl3N3O5S. The number of sulfonamides is 1. The van der Waals surface area contributed by atoms with Gasteiger partial charge in [-0.15, -0.1) is 0 Å². The molecule has 0 unspecified atom stereocenters. The van der Waals surface area contributed by atoms with Gasteiger partial charge in [0.05, 0.1) is 27.7 Å². The van der Waals surface area contributed by atoms with Crippen molar-refractivity contribution in [2.75, 3.05) is 18.0 Å². The minimum atomic E-state index is -4.29. The predicted molar refractivity (Wildman–Crippen MR) is 175 cm³/mol. The van der Waals surface area contributed by atoms with Gasteiger partial charge in [-0.05, 0) is 74.7 Å². The third-order valence-corrected chi connectivity index (χ3v) is 10.5. The van der Waals surface area contributed by atoms with Crippen molar-refractivity contribution in [3.05, 3.63) is 86.9 Å². The van der Waals surface area contributed by atoms with E-state index in [1.54, 1.807) is 43.3 Å². The number of carbonyl (C=O) groups is 2. The highest BCUT2D eigenvalue weighted by Crippen LogP contribution is 2.35. The Bertz CT molecular complexity index is 1600. The first kappa shape index (κ1) is 33.9. The van der Waals surface area contributed by atoms with Crippen LogP contribution < -0.4 is 14.4 Å². The molecule has 1 saturated carbocycles. The van der Waals surface area contributed by atoms with E-state index in [0.29, 0.717) is 15.6 Å². The lowest BCUT2D eigenvalue weighted by molar-refractivity contribution is -0.139. The first-order chi connectivity index (χ1) is 20.9. The molecule has 1 atom stereocenters. The van der Waals surface area contributed by atoms with Crippen LogP contribution in [0.4, 0.5) is 5.69 Å². The molecule has 0 aromatic heterocycles. The minimum absolute atomic E-state index is 0.0138. The van der Waals surface area contributed by atoms with Crippen LogP contribution in [0.5, 0.6) is 5.75 Å². The summed E-state index contributed by atoms with van der Waals surface area (Å²) in [5.74, 6) is -0.726. The first-order valence-corrected chi connectivity index (χ1v) is 16.9. The van der Waals surface area contributed by atoms with E-state index in [1.807, 2.05) is 6.92 Å². The zero-order chi connectivity index (χ0) is 32.0. The van der Waals surface area contributed by atoms with Gasteiger partial charge in [0.25, 0.3) is 10.0 Å². The van der Waals surface area contributed by atoms with Gasteiger partial charge >= 0.3 is 0 Å². The smallest absolute Gasteiger partial charge is 0.264 e. The fourth-order valence-corrected chi connectivity index (χ4v) is 7.10. The molecule has 44 heavy (non-hydrogen) atoms. The lowest BCUT2D eigenvalue weighted by atomic mass is 9.95. The van der Waals surface area contributed by atoms with Crippen LogP contribution >= 0.6 is 34.8 Å². The molecule has 0 radical (unpaired) electrons. The summed E-state index contributed by atoms with van der Waals surface area (Å²) in [5, 5.41) is 3.98. The molecule has 236 valence electrons. The Morgan fingerprint density at radius 1 is 0.955 bits per heavy atom. The van der Waals surface area contributed by atoms with Crippen LogP contribution in [0.1, 0.15) is 50.2 Å². The standard InChI is InChI=1S/C32H36Cl3N3O5S/c1-21-9-13-26(14-10-21)44(41,42)38(29-18-24(33)12-16-30(29)43-3)20-31(39)37(19-23-11-15-27(34)28(35)17-23)22(2)32(40)36-25-7-5-4-6-8-25/h9-18,22,25H,4-8,19-20H2,1-3H3,(H,36,40)/t22-/m1/s1. The van der Waals surface area contributed by atoms with Gasteiger partial charge in [0, 0.05) is 17.6 Å². The van der Waals surface area contributed by atoms with Gasteiger partial charge in [-0.1, -0.05) is 77.8 Å². The zero-order valence-corrected chi connectivity index (χ0v) is 27.9. The van der Waals surface area contributed by atoms with Crippen LogP contribution in [0.15, 0.2) is 65.6 Å². The van der Waals surface area contributed by atoms with Crippen LogP contribution in [0.2, 0.25) is 15.1 Å². The number of carbonyl (C=O) groups excluding carboxylic acids is 2. The monoisotopic (exact) mass is 679 g/mol. The molecule has 4 rings (SSSR count). The second kappa shape index (κ2) is 14.9. The number of anilines is 1. The molecule has 0 spiro atoms. The summed E-state index contributed by atoms with van der Waals surface area (Å²) in [5.41, 5.74) is 1.58. The van der Waals surface area contributed by atoms with Crippen molar-refractivity contribution in [3.8, 4) is 5.75 Å². The summed E-state index contributed by atoms with van der Waals surface area (Å²) < 4.78 is 34.7. The average molecular weight is 681 g/mol. The molecule has 2 amide bonds. The highest BCUT2D eigenvalue weighted by Gasteiger charge is 2.34. The summed E-state index contributed by atoms with van der Waals surface area (Å²) in [6.45, 7) is 2.83. The van der Waals surface area contributed by atoms with Gasteiger partial charge < -0.3 is 15.0 Å². The number of amides is 2. The molecule has 1 N–H and O–H groups in total. The maximum atomic E-state index is 14.2. The maximum Gasteiger partial charge on any atom is 0.264 e. The molecule has 1 fully saturated rings. The van der Waals surface area contributed by atoms with Gasteiger partial charge in [0.1, 0.15) is 18.3 Å². The predicted octanol–water partition coefficient (Wildman–Crippen LogP) is 7.03. The molecule has 8 nitrogen and oxygen atoms in total. The summed E-state index contributed by atoms with van der Waals surface area (Å²) >= 11 is 18.7. The van der Waals surface area contributed by atoms with Crippen molar-refractivity contribution in [2.45, 2.75) is 69.5 Å². The van der Waals surface area contributed by atoms with E-state index in [4.69, 9.17) is 39.5 Å². The summed E-state index contributed by atoms with van der Waals surface area (Å²) in [7, 11) is -2.89. The van der Waals surface area contributed by atoms with Gasteiger partial charge in [0.2, 0.25) is 11.8 Å². The number of nitrogens with one attached hydrogen (secondary N) is 1. The van der Waals surface area contributed by atoms with Gasteiger partial charge in [0.15, 0.2) is 0 Å². The number of ether oxygens (including phenoxy) is 1. The second-order valence-corrected chi connectivity index (χ2v) is 14.0. The Morgan fingerprint density at radius 3 is 2.27 bits per heavy atom. The molecule has 12 heteroatoms. The van der Waals surface area contributed by atoms with Crippen molar-refractivity contribution in [3.63, 3.8) is 0 Å². The van der Waals surface area contributed by atoms with Crippen molar-refractivity contribution in [1.29, 1.82) is 0 Å². The van der Waals surface area contributed by atoms with Gasteiger partial charge in [-0.25, -0.2) is 8.42 Å². The first-order valence-electron chi connectivity index (χ1n) is 14.4. The number of methoxy groups -OCH3 is 1. The van der Waals surface area contributed by atoms with Gasteiger partial charge in [-0.2, -0.15) is 0 Å². The lowest BCUT2D eigenvalue weighted by Crippen LogP contribution is -2.53. The van der Waals surface area contributed by atoms with Crippen molar-refractivity contribution in [2.24, 2.45) is 0 Å². The van der Waals surface area contributed by atoms with Crippen LogP contribution in [0.3, 0.4) is 0 Å². The Morgan fingerprint density at radius 2 is 1.64 bits per heavy atom. The van der Waals surface area contributed by atoms with E-state index in [2.05, 4.69) is 5.32 Å². The second-order valence-electron chi connectivity index (χ2n) is 10.9. The summed E-state index contributed by atoms with van der Waals surface area (Å²) in [4.78, 5) is 29.1. The molecule has 0 heterocycles. The fourth-order valence-electron chi connectivity index (χ4n) is 5.19. The Balaban J connectivity index is 1.74. The topological polar surface area (TPSA) is 96.0 Å². The highest BCUT2D eigenvalue weighted by atomic mass is 35.5. The normalized spacial score (nSPS) is 14.5. The number of hydrogen-bond donors (Lipinski definition) is 1. The van der Waals surface area contributed by atoms with E-state index >= 15 is 0 Å². The molecule has 3 aromatic carbocycles. The minimum Gasteiger partial charge on any atom is -0.495 e. The molecule has 0 aliphatic heterocycles. The molecule has 3 aromatic rings. The number of nitrogens with zero attached hydrogens (tertiary/aromatic N) is 2. The Hall–Kier alpha value is -2.98. The van der Waals surface area contributed by atoms with Crippen molar-refractivity contribution >= 4 is 62.3 Å². The van der Waals surface area contributed by atoms with E-state index in [9.17, 15) is 18.0 Å². The lowest BCUT2D eigenvalue weighted by Gasteiger charge is -2.33. The van der Waals surface area contributed by atoms with Crippen molar-refractivity contribution in [1.82, 2.24) is 10.2 Å². The van der Waals surface area contributed by atoms with Crippen LogP contribution in [0, 0.1) is 6.92 Å². The number of hydrogen-bond acceptors (Lipinski definition) is 5. The Labute approximate surface area is 274 Å². The molecular weight excluding hydrogens is 645 g/mol. The molecule has 1 aliphatic carbocycles. The molecule has 1 aliphatic rings. The van der Waals surface area contributed by atoms with Crippen LogP contribution in [0.25, 0.3) is 0 Å².